The molecule has 1 aliphatic heterocycles. The van der Waals surface area contributed by atoms with Crippen LogP contribution in [0.25, 0.3) is 0 Å². The first-order chi connectivity index (χ1) is 13.6. The molecule has 0 saturated carbocycles. The van der Waals surface area contributed by atoms with Gasteiger partial charge in [0.05, 0.1) is 12.1 Å². The lowest BCUT2D eigenvalue weighted by atomic mass is 10.1. The number of anilines is 2. The minimum Gasteiger partial charge on any atom is -0.375 e. The molecule has 0 aliphatic carbocycles. The van der Waals surface area contributed by atoms with Crippen molar-refractivity contribution >= 4 is 34.8 Å². The van der Waals surface area contributed by atoms with Crippen molar-refractivity contribution in [2.45, 2.75) is 26.2 Å². The van der Waals surface area contributed by atoms with Crippen LogP contribution >= 0.6 is 11.6 Å². The molecule has 1 fully saturated rings. The highest BCUT2D eigenvalue weighted by Crippen LogP contribution is 2.24. The fourth-order valence-electron chi connectivity index (χ4n) is 3.49. The van der Waals surface area contributed by atoms with Crippen LogP contribution in [0.3, 0.4) is 0 Å². The van der Waals surface area contributed by atoms with E-state index >= 15 is 0 Å². The van der Waals surface area contributed by atoms with Crippen LogP contribution in [0.15, 0.2) is 48.5 Å². The van der Waals surface area contributed by atoms with Crippen LogP contribution in [-0.4, -0.2) is 42.9 Å². The molecule has 28 heavy (non-hydrogen) atoms. The molecule has 3 rings (SSSR count). The molecular formula is C22H26ClN3O2. The zero-order chi connectivity index (χ0) is 19.9. The van der Waals surface area contributed by atoms with Crippen molar-refractivity contribution in [2.24, 2.45) is 0 Å². The first kappa shape index (κ1) is 20.2. The number of likely N-dealkylation sites (N-methyl/N-ethyl adjacent to an activating group) is 1. The molecule has 1 aliphatic rings. The summed E-state index contributed by atoms with van der Waals surface area (Å²) in [7, 11) is 0. The second kappa shape index (κ2) is 9.60. The van der Waals surface area contributed by atoms with Crippen LogP contribution in [0.1, 0.15) is 36.5 Å². The van der Waals surface area contributed by atoms with Crippen LogP contribution in [-0.2, 0) is 4.79 Å². The summed E-state index contributed by atoms with van der Waals surface area (Å²) in [6, 6.07) is 14.7. The third kappa shape index (κ3) is 4.84. The molecule has 0 spiro atoms. The molecule has 0 bridgehead atoms. The number of benzene rings is 2. The van der Waals surface area contributed by atoms with Crippen LogP contribution < -0.4 is 10.2 Å². The Bertz CT molecular complexity index is 820. The van der Waals surface area contributed by atoms with Gasteiger partial charge in [0, 0.05) is 36.0 Å². The van der Waals surface area contributed by atoms with Crippen LogP contribution in [0, 0.1) is 0 Å². The van der Waals surface area contributed by atoms with Crippen molar-refractivity contribution in [3.05, 3.63) is 59.1 Å². The van der Waals surface area contributed by atoms with E-state index in [1.807, 2.05) is 42.2 Å². The summed E-state index contributed by atoms with van der Waals surface area (Å²) >= 11 is 6.15. The number of carbonyl (C=O) groups is 2. The highest BCUT2D eigenvalue weighted by atomic mass is 35.5. The van der Waals surface area contributed by atoms with E-state index in [1.54, 1.807) is 23.1 Å². The summed E-state index contributed by atoms with van der Waals surface area (Å²) < 4.78 is 0. The van der Waals surface area contributed by atoms with Gasteiger partial charge in [0.15, 0.2) is 0 Å². The minimum absolute atomic E-state index is 0.0123. The highest BCUT2D eigenvalue weighted by molar-refractivity contribution is 6.31. The highest BCUT2D eigenvalue weighted by Gasteiger charge is 2.22. The predicted octanol–water partition coefficient (Wildman–Crippen LogP) is 4.43. The van der Waals surface area contributed by atoms with E-state index in [4.69, 9.17) is 11.6 Å². The number of para-hydroxylation sites is 1. The summed E-state index contributed by atoms with van der Waals surface area (Å²) in [6.07, 6.45) is 3.22. The molecule has 6 heteroatoms. The standard InChI is InChI=1S/C22H26ClN3O2/c1-2-26(18-9-5-3-6-10-18)21(27)16-24-20-15-17(23)11-12-19(20)22(28)25-13-7-4-8-14-25/h3,5-6,9-12,15,24H,2,4,7-8,13-14,16H2,1H3. The number of halogens is 1. The molecular weight excluding hydrogens is 374 g/mol. The van der Waals surface area contributed by atoms with Crippen molar-refractivity contribution in [1.29, 1.82) is 0 Å². The number of amides is 2. The molecule has 2 amide bonds. The van der Waals surface area contributed by atoms with E-state index in [-0.39, 0.29) is 18.4 Å². The summed E-state index contributed by atoms with van der Waals surface area (Å²) in [4.78, 5) is 29.3. The smallest absolute Gasteiger partial charge is 0.255 e. The predicted molar refractivity (Wildman–Crippen MR) is 114 cm³/mol. The molecule has 0 unspecified atom stereocenters. The van der Waals surface area contributed by atoms with Crippen molar-refractivity contribution < 1.29 is 9.59 Å². The Morgan fingerprint density at radius 1 is 1.07 bits per heavy atom. The quantitative estimate of drug-likeness (QED) is 0.781. The number of rotatable bonds is 6. The van der Waals surface area contributed by atoms with Gasteiger partial charge >= 0.3 is 0 Å². The van der Waals surface area contributed by atoms with Gasteiger partial charge in [-0.15, -0.1) is 0 Å². The lowest BCUT2D eigenvalue weighted by molar-refractivity contribution is -0.116. The average molecular weight is 400 g/mol. The van der Waals surface area contributed by atoms with Crippen LogP contribution in [0.2, 0.25) is 5.02 Å². The third-order valence-corrected chi connectivity index (χ3v) is 5.21. The van der Waals surface area contributed by atoms with Gasteiger partial charge in [0.25, 0.3) is 5.91 Å². The summed E-state index contributed by atoms with van der Waals surface area (Å²) in [6.45, 7) is 4.15. The second-order valence-corrected chi connectivity index (χ2v) is 7.31. The molecule has 0 radical (unpaired) electrons. The van der Waals surface area contributed by atoms with E-state index in [2.05, 4.69) is 5.32 Å². The van der Waals surface area contributed by atoms with Gasteiger partial charge in [-0.2, -0.15) is 0 Å². The van der Waals surface area contributed by atoms with Crippen LogP contribution in [0.4, 0.5) is 11.4 Å². The molecule has 2 aromatic carbocycles. The maximum absolute atomic E-state index is 12.9. The molecule has 1 N–H and O–H groups in total. The van der Waals surface area contributed by atoms with Gasteiger partial charge in [0.1, 0.15) is 0 Å². The number of hydrogen-bond acceptors (Lipinski definition) is 3. The summed E-state index contributed by atoms with van der Waals surface area (Å²) in [5, 5.41) is 3.66. The lowest BCUT2D eigenvalue weighted by Gasteiger charge is -2.28. The minimum atomic E-state index is -0.0648. The number of piperidine rings is 1. The van der Waals surface area contributed by atoms with Crippen LogP contribution in [0.5, 0.6) is 0 Å². The fraction of sp³-hybridized carbons (Fsp3) is 0.364. The van der Waals surface area contributed by atoms with Gasteiger partial charge < -0.3 is 15.1 Å². The fourth-order valence-corrected chi connectivity index (χ4v) is 3.67. The Balaban J connectivity index is 1.73. The first-order valence-corrected chi connectivity index (χ1v) is 10.2. The molecule has 1 saturated heterocycles. The van der Waals surface area contributed by atoms with Crippen molar-refractivity contribution in [2.75, 3.05) is 36.4 Å². The van der Waals surface area contributed by atoms with E-state index < -0.39 is 0 Å². The maximum Gasteiger partial charge on any atom is 0.255 e. The van der Waals surface area contributed by atoms with E-state index in [0.717, 1.165) is 38.0 Å². The molecule has 2 aromatic rings. The zero-order valence-corrected chi connectivity index (χ0v) is 16.9. The molecule has 148 valence electrons. The van der Waals surface area contributed by atoms with E-state index in [0.29, 0.717) is 22.8 Å². The molecule has 0 atom stereocenters. The third-order valence-electron chi connectivity index (χ3n) is 4.97. The van der Waals surface area contributed by atoms with Gasteiger partial charge in [-0.05, 0) is 56.5 Å². The maximum atomic E-state index is 12.9. The number of carbonyl (C=O) groups excluding carboxylic acids is 2. The topological polar surface area (TPSA) is 52.7 Å². The Hall–Kier alpha value is -2.53. The van der Waals surface area contributed by atoms with Crippen molar-refractivity contribution in [3.63, 3.8) is 0 Å². The first-order valence-electron chi connectivity index (χ1n) is 9.78. The second-order valence-electron chi connectivity index (χ2n) is 6.87. The Morgan fingerprint density at radius 2 is 1.79 bits per heavy atom. The Kier molecular flexibility index (Phi) is 6.93. The monoisotopic (exact) mass is 399 g/mol. The zero-order valence-electron chi connectivity index (χ0n) is 16.2. The molecule has 5 nitrogen and oxygen atoms in total. The van der Waals surface area contributed by atoms with Gasteiger partial charge in [-0.25, -0.2) is 0 Å². The van der Waals surface area contributed by atoms with E-state index in [9.17, 15) is 9.59 Å². The molecule has 0 aromatic heterocycles. The van der Waals surface area contributed by atoms with Gasteiger partial charge in [0.2, 0.25) is 5.91 Å². The Labute approximate surface area is 171 Å². The normalized spacial score (nSPS) is 13.9. The summed E-state index contributed by atoms with van der Waals surface area (Å²) in [5.74, 6) is -0.0771. The largest absolute Gasteiger partial charge is 0.375 e. The average Bonchev–Trinajstić information content (AvgIpc) is 2.74. The number of nitrogens with zero attached hydrogens (tertiary/aromatic N) is 2. The number of hydrogen-bond donors (Lipinski definition) is 1. The van der Waals surface area contributed by atoms with E-state index in [1.165, 1.54) is 0 Å². The van der Waals surface area contributed by atoms with Gasteiger partial charge in [-0.3, -0.25) is 9.59 Å². The van der Waals surface area contributed by atoms with Gasteiger partial charge in [-0.1, -0.05) is 29.8 Å². The Morgan fingerprint density at radius 3 is 2.46 bits per heavy atom. The summed E-state index contributed by atoms with van der Waals surface area (Å²) in [5.41, 5.74) is 2.01. The van der Waals surface area contributed by atoms with Crippen molar-refractivity contribution in [3.8, 4) is 0 Å². The van der Waals surface area contributed by atoms with Crippen molar-refractivity contribution in [1.82, 2.24) is 4.90 Å². The number of nitrogens with one attached hydrogen (secondary N) is 1. The molecule has 1 heterocycles. The number of likely N-dealkylation sites (tertiary alicyclic amines) is 1. The SMILES string of the molecule is CCN(C(=O)CNc1cc(Cl)ccc1C(=O)N1CCCCC1)c1ccccc1. The lowest BCUT2D eigenvalue weighted by Crippen LogP contribution is -2.37.